The fourth-order valence-corrected chi connectivity index (χ4v) is 4.23. The van der Waals surface area contributed by atoms with Gasteiger partial charge in [0.05, 0.1) is 6.20 Å². The van der Waals surface area contributed by atoms with Crippen LogP contribution in [0, 0.1) is 17.2 Å². The summed E-state index contributed by atoms with van der Waals surface area (Å²) >= 11 is 1.32. The first-order chi connectivity index (χ1) is 16.6. The molecule has 6 rings (SSSR count). The third-order valence-electron chi connectivity index (χ3n) is 5.38. The van der Waals surface area contributed by atoms with Crippen LogP contribution in [0.5, 0.6) is 5.88 Å². The Bertz CT molecular complexity index is 1630. The van der Waals surface area contributed by atoms with Crippen LogP contribution in [-0.2, 0) is 4.79 Å². The number of carbonyl (C=O) groups excluding carboxylic acids is 1. The summed E-state index contributed by atoms with van der Waals surface area (Å²) in [4.78, 5) is 20.3. The molecular weight excluding hydrogens is 454 g/mol. The minimum atomic E-state index is -0.302. The molecule has 5 aromatic heterocycles. The predicted molar refractivity (Wildman–Crippen MR) is 121 cm³/mol. The number of amides is 1. The van der Waals surface area contributed by atoms with Gasteiger partial charge in [-0.25, -0.2) is 14.5 Å². The summed E-state index contributed by atoms with van der Waals surface area (Å²) in [5, 5.41) is 36.0. The van der Waals surface area contributed by atoms with Crippen LogP contribution >= 0.6 is 11.8 Å². The van der Waals surface area contributed by atoms with Crippen molar-refractivity contribution in [1.29, 1.82) is 5.26 Å². The highest BCUT2D eigenvalue weighted by atomic mass is 32.2. The second-order valence-electron chi connectivity index (χ2n) is 7.80. The Kier molecular flexibility index (Phi) is 4.63. The predicted octanol–water partition coefficient (Wildman–Crippen LogP) is 2.91. The number of hydrogen-bond donors (Lipinski definition) is 2. The van der Waals surface area contributed by atoms with Crippen LogP contribution in [-0.4, -0.2) is 45.2 Å². The molecule has 0 atom stereocenters. The first kappa shape index (κ1) is 20.1. The van der Waals surface area contributed by atoms with Crippen LogP contribution < -0.4 is 5.32 Å². The number of pyridine rings is 2. The Morgan fingerprint density at radius 2 is 2.00 bits per heavy atom. The number of nitrogens with one attached hydrogen (secondary N) is 1. The molecule has 0 aliphatic heterocycles. The molecule has 5 aromatic rings. The van der Waals surface area contributed by atoms with E-state index < -0.39 is 0 Å². The van der Waals surface area contributed by atoms with E-state index in [0.717, 1.165) is 18.4 Å². The number of carbonyl (C=O) groups is 1. The van der Waals surface area contributed by atoms with Gasteiger partial charge in [0, 0.05) is 29.4 Å². The maximum Gasteiger partial charge on any atom is 0.229 e. The molecule has 1 aliphatic rings. The molecule has 2 N–H and O–H groups in total. The van der Waals surface area contributed by atoms with Gasteiger partial charge in [-0.15, -0.1) is 10.2 Å². The Hall–Kier alpha value is -4.50. The Balaban J connectivity index is 1.29. The van der Waals surface area contributed by atoms with E-state index in [-0.39, 0.29) is 23.3 Å². The van der Waals surface area contributed by atoms with Crippen molar-refractivity contribution in [3.05, 3.63) is 54.5 Å². The zero-order chi connectivity index (χ0) is 23.2. The number of imidazole rings is 1. The maximum atomic E-state index is 12.0. The van der Waals surface area contributed by atoms with E-state index in [1.165, 1.54) is 18.0 Å². The molecule has 34 heavy (non-hydrogen) atoms. The number of aromatic nitrogens is 7. The van der Waals surface area contributed by atoms with Gasteiger partial charge in [0.2, 0.25) is 16.9 Å². The normalized spacial score (nSPS) is 13.3. The average Bonchev–Trinajstić information content (AvgIpc) is 3.52. The standard InChI is InChI=1S/C22H15N9O2S/c23-8-14-7-15(9-24-20(14)32)13-3-4-18-27-28-22(30(18)10-13)34-19-6-5-17-25-16(11-31(17)29-19)26-21(33)12-1-2-12/h3-7,9-12H,1-2H2,(H,24,32)(H,26,33). The number of hydrogen-bond acceptors (Lipinski definition) is 9. The van der Waals surface area contributed by atoms with Crippen molar-refractivity contribution in [3.63, 3.8) is 0 Å². The van der Waals surface area contributed by atoms with Crippen LogP contribution in [0.1, 0.15) is 18.4 Å². The minimum Gasteiger partial charge on any atom is -0.492 e. The van der Waals surface area contributed by atoms with Crippen molar-refractivity contribution >= 4 is 34.8 Å². The number of rotatable bonds is 5. The summed E-state index contributed by atoms with van der Waals surface area (Å²) in [5.74, 6) is 0.265. The summed E-state index contributed by atoms with van der Waals surface area (Å²) < 4.78 is 3.44. The molecule has 0 unspecified atom stereocenters. The monoisotopic (exact) mass is 469 g/mol. The molecule has 166 valence electrons. The van der Waals surface area contributed by atoms with Gasteiger partial charge in [0.25, 0.3) is 0 Å². The summed E-state index contributed by atoms with van der Waals surface area (Å²) in [6.45, 7) is 0. The average molecular weight is 469 g/mol. The van der Waals surface area contributed by atoms with E-state index in [1.54, 1.807) is 16.8 Å². The third kappa shape index (κ3) is 3.67. The molecule has 0 spiro atoms. The maximum absolute atomic E-state index is 12.0. The quantitative estimate of drug-likeness (QED) is 0.396. The van der Waals surface area contributed by atoms with Crippen molar-refractivity contribution in [1.82, 2.24) is 34.2 Å². The molecule has 1 saturated carbocycles. The molecule has 5 heterocycles. The first-order valence-electron chi connectivity index (χ1n) is 10.4. The van der Waals surface area contributed by atoms with E-state index in [9.17, 15) is 15.2 Å². The Morgan fingerprint density at radius 3 is 2.82 bits per heavy atom. The second kappa shape index (κ2) is 7.82. The van der Waals surface area contributed by atoms with Crippen molar-refractivity contribution in [2.75, 3.05) is 5.32 Å². The van der Waals surface area contributed by atoms with E-state index in [1.807, 2.05) is 40.9 Å². The van der Waals surface area contributed by atoms with Gasteiger partial charge in [-0.3, -0.25) is 9.20 Å². The van der Waals surface area contributed by atoms with Crippen LogP contribution in [0.2, 0.25) is 0 Å². The summed E-state index contributed by atoms with van der Waals surface area (Å²) in [5.41, 5.74) is 2.83. The zero-order valence-electron chi connectivity index (χ0n) is 17.5. The van der Waals surface area contributed by atoms with Crippen LogP contribution in [0.3, 0.4) is 0 Å². The van der Waals surface area contributed by atoms with E-state index >= 15 is 0 Å². The van der Waals surface area contributed by atoms with Crippen LogP contribution in [0.4, 0.5) is 5.82 Å². The highest BCUT2D eigenvalue weighted by Gasteiger charge is 2.30. The largest absolute Gasteiger partial charge is 0.492 e. The summed E-state index contributed by atoms with van der Waals surface area (Å²) in [6, 6.07) is 10.8. The number of nitrogens with zero attached hydrogens (tertiary/aromatic N) is 8. The fourth-order valence-electron chi connectivity index (χ4n) is 3.45. The van der Waals surface area contributed by atoms with Crippen LogP contribution in [0.25, 0.3) is 22.4 Å². The SMILES string of the molecule is N#Cc1cc(-c2ccc3nnc(Sc4ccc5nc(NC(=O)C6CC6)cn5n4)n3c2)cnc1O. The lowest BCUT2D eigenvalue weighted by molar-refractivity contribution is -0.117. The fraction of sp³-hybridized carbons (Fsp3) is 0.136. The Morgan fingerprint density at radius 1 is 1.15 bits per heavy atom. The van der Waals surface area contributed by atoms with E-state index in [0.29, 0.717) is 32.9 Å². The van der Waals surface area contributed by atoms with Crippen molar-refractivity contribution in [2.45, 2.75) is 23.0 Å². The third-order valence-corrected chi connectivity index (χ3v) is 6.27. The first-order valence-corrected chi connectivity index (χ1v) is 11.2. The molecule has 1 amide bonds. The number of nitriles is 1. The Labute approximate surface area is 196 Å². The molecule has 0 aromatic carbocycles. The lowest BCUT2D eigenvalue weighted by Crippen LogP contribution is -2.13. The number of fused-ring (bicyclic) bond motifs is 2. The van der Waals surface area contributed by atoms with Gasteiger partial charge in [0.15, 0.2) is 17.1 Å². The topological polar surface area (TPSA) is 146 Å². The summed E-state index contributed by atoms with van der Waals surface area (Å²) in [7, 11) is 0. The molecule has 1 aliphatic carbocycles. The number of aromatic hydroxyl groups is 1. The van der Waals surface area contributed by atoms with Crippen molar-refractivity contribution in [3.8, 4) is 23.1 Å². The van der Waals surface area contributed by atoms with E-state index in [2.05, 4.69) is 30.6 Å². The summed E-state index contributed by atoms with van der Waals surface area (Å²) in [6.07, 6.45) is 6.88. The molecule has 0 bridgehead atoms. The smallest absolute Gasteiger partial charge is 0.229 e. The van der Waals surface area contributed by atoms with Crippen molar-refractivity contribution < 1.29 is 9.90 Å². The highest BCUT2D eigenvalue weighted by Crippen LogP contribution is 2.31. The highest BCUT2D eigenvalue weighted by molar-refractivity contribution is 7.99. The molecule has 1 fully saturated rings. The minimum absolute atomic E-state index is 0.00513. The number of anilines is 1. The second-order valence-corrected chi connectivity index (χ2v) is 8.79. The molecule has 0 radical (unpaired) electrons. The van der Waals surface area contributed by atoms with Gasteiger partial charge in [-0.2, -0.15) is 10.4 Å². The molecule has 12 heteroatoms. The van der Waals surface area contributed by atoms with Crippen LogP contribution in [0.15, 0.2) is 59.1 Å². The van der Waals surface area contributed by atoms with Gasteiger partial charge in [-0.05, 0) is 54.9 Å². The van der Waals surface area contributed by atoms with Gasteiger partial charge >= 0.3 is 0 Å². The zero-order valence-corrected chi connectivity index (χ0v) is 18.3. The van der Waals surface area contributed by atoms with E-state index in [4.69, 9.17) is 0 Å². The molecule has 0 saturated heterocycles. The van der Waals surface area contributed by atoms with Crippen molar-refractivity contribution in [2.24, 2.45) is 5.92 Å². The van der Waals surface area contributed by atoms with Gasteiger partial charge in [-0.1, -0.05) is 0 Å². The lowest BCUT2D eigenvalue weighted by Gasteiger charge is -2.05. The lowest BCUT2D eigenvalue weighted by atomic mass is 10.1. The van der Waals surface area contributed by atoms with Gasteiger partial charge in [0.1, 0.15) is 16.7 Å². The molecule has 11 nitrogen and oxygen atoms in total. The van der Waals surface area contributed by atoms with Gasteiger partial charge < -0.3 is 10.4 Å². The molecular formula is C22H15N9O2S.